The molecule has 0 bridgehead atoms. The molecule has 6 heteroatoms. The van der Waals surface area contributed by atoms with E-state index in [2.05, 4.69) is 49.2 Å². The van der Waals surface area contributed by atoms with Crippen molar-refractivity contribution in [2.45, 2.75) is 49.6 Å². The molecule has 4 fully saturated rings. The SMILES string of the molecule is CN1CCCC12CCN(c1cccnc1)C2.c1cncc(N2CCC3(CCCN3)C2)c1. The first-order chi connectivity index (χ1) is 15.2. The molecule has 4 aliphatic heterocycles. The molecule has 2 spiro atoms. The maximum Gasteiger partial charge on any atom is 0.0553 e. The second kappa shape index (κ2) is 8.75. The molecule has 6 heterocycles. The van der Waals surface area contributed by atoms with Crippen molar-refractivity contribution in [2.75, 3.05) is 56.1 Å². The van der Waals surface area contributed by atoms with E-state index < -0.39 is 0 Å². The second-order valence-corrected chi connectivity index (χ2v) is 9.83. The third-order valence-corrected chi connectivity index (χ3v) is 7.99. The van der Waals surface area contributed by atoms with E-state index in [0.29, 0.717) is 11.1 Å². The van der Waals surface area contributed by atoms with Crippen molar-refractivity contribution in [1.29, 1.82) is 0 Å². The molecule has 31 heavy (non-hydrogen) atoms. The van der Waals surface area contributed by atoms with Crippen LogP contribution in [0.2, 0.25) is 0 Å². The van der Waals surface area contributed by atoms with E-state index in [-0.39, 0.29) is 0 Å². The van der Waals surface area contributed by atoms with Crippen molar-refractivity contribution in [2.24, 2.45) is 0 Å². The number of nitrogens with zero attached hydrogens (tertiary/aromatic N) is 5. The van der Waals surface area contributed by atoms with Crippen LogP contribution in [0.4, 0.5) is 11.4 Å². The molecule has 2 atom stereocenters. The van der Waals surface area contributed by atoms with Crippen LogP contribution >= 0.6 is 0 Å². The summed E-state index contributed by atoms with van der Waals surface area (Å²) in [6, 6.07) is 8.36. The number of rotatable bonds is 2. The van der Waals surface area contributed by atoms with Crippen LogP contribution in [0.25, 0.3) is 0 Å². The zero-order chi connectivity index (χ0) is 21.2. The number of hydrogen-bond donors (Lipinski definition) is 1. The van der Waals surface area contributed by atoms with Gasteiger partial charge in [-0.15, -0.1) is 0 Å². The van der Waals surface area contributed by atoms with E-state index in [4.69, 9.17) is 0 Å². The van der Waals surface area contributed by atoms with Crippen LogP contribution in [-0.4, -0.2) is 72.3 Å². The Morgan fingerprint density at radius 1 is 0.806 bits per heavy atom. The summed E-state index contributed by atoms with van der Waals surface area (Å²) in [5.41, 5.74) is 3.41. The fourth-order valence-electron chi connectivity index (χ4n) is 6.06. The predicted octanol–water partition coefficient (Wildman–Crippen LogP) is 3.17. The van der Waals surface area contributed by atoms with Gasteiger partial charge < -0.3 is 15.1 Å². The molecule has 0 aromatic carbocycles. The molecule has 1 N–H and O–H groups in total. The zero-order valence-electron chi connectivity index (χ0n) is 18.8. The number of hydrogen-bond acceptors (Lipinski definition) is 6. The highest BCUT2D eigenvalue weighted by Crippen LogP contribution is 2.38. The van der Waals surface area contributed by atoms with E-state index in [1.54, 1.807) is 0 Å². The summed E-state index contributed by atoms with van der Waals surface area (Å²) in [5, 5.41) is 3.67. The molecule has 6 nitrogen and oxygen atoms in total. The largest absolute Gasteiger partial charge is 0.368 e. The molecule has 6 rings (SSSR count). The molecule has 2 aromatic heterocycles. The third kappa shape index (κ3) is 4.28. The summed E-state index contributed by atoms with van der Waals surface area (Å²) in [7, 11) is 2.28. The lowest BCUT2D eigenvalue weighted by Crippen LogP contribution is -2.43. The number of anilines is 2. The van der Waals surface area contributed by atoms with Gasteiger partial charge in [-0.25, -0.2) is 0 Å². The fraction of sp³-hybridized carbons (Fsp3) is 0.600. The van der Waals surface area contributed by atoms with Gasteiger partial charge in [0.1, 0.15) is 0 Å². The molecule has 0 saturated carbocycles. The highest BCUT2D eigenvalue weighted by atomic mass is 15.3. The molecule has 0 amide bonds. The van der Waals surface area contributed by atoms with Gasteiger partial charge in [0.15, 0.2) is 0 Å². The van der Waals surface area contributed by atoms with Gasteiger partial charge >= 0.3 is 0 Å². The van der Waals surface area contributed by atoms with Crippen LogP contribution in [0.5, 0.6) is 0 Å². The molecule has 0 aliphatic carbocycles. The average molecular weight is 421 g/mol. The Morgan fingerprint density at radius 3 is 2.10 bits per heavy atom. The molecule has 4 aliphatic rings. The molecular weight excluding hydrogens is 384 g/mol. The summed E-state index contributed by atoms with van der Waals surface area (Å²) in [4.78, 5) is 15.9. The van der Waals surface area contributed by atoms with Crippen molar-refractivity contribution in [3.8, 4) is 0 Å². The first kappa shape index (κ1) is 20.7. The number of pyridine rings is 2. The van der Waals surface area contributed by atoms with Crippen LogP contribution in [0.15, 0.2) is 49.1 Å². The minimum absolute atomic E-state index is 0.413. The Bertz CT molecular complexity index is 838. The quantitative estimate of drug-likeness (QED) is 0.805. The average Bonchev–Trinajstić information content (AvgIpc) is 3.62. The Balaban J connectivity index is 0.000000132. The summed E-state index contributed by atoms with van der Waals surface area (Å²) in [6.45, 7) is 7.13. The van der Waals surface area contributed by atoms with Gasteiger partial charge in [-0.1, -0.05) is 0 Å². The number of aromatic nitrogens is 2. The lowest BCUT2D eigenvalue weighted by atomic mass is 9.96. The molecular formula is C25H36N6. The van der Waals surface area contributed by atoms with Crippen molar-refractivity contribution in [3.05, 3.63) is 49.1 Å². The summed E-state index contributed by atoms with van der Waals surface area (Å²) in [5.74, 6) is 0. The normalized spacial score (nSPS) is 30.4. The van der Waals surface area contributed by atoms with Crippen molar-refractivity contribution in [1.82, 2.24) is 20.2 Å². The molecule has 2 unspecified atom stereocenters. The third-order valence-electron chi connectivity index (χ3n) is 7.99. The topological polar surface area (TPSA) is 47.5 Å². The number of nitrogens with one attached hydrogen (secondary N) is 1. The van der Waals surface area contributed by atoms with Crippen molar-refractivity contribution < 1.29 is 0 Å². The standard InChI is InChI=1S/C13H19N3.C12H17N3/c1-15-8-3-5-13(15)6-9-16(11-13)12-4-2-7-14-10-12;1-3-11(9-13-6-1)15-8-5-12(10-15)4-2-7-14-12/h2,4,7,10H,3,5-6,8-9,11H2,1H3;1,3,6,9,14H,2,4-5,7-8,10H2. The predicted molar refractivity (Wildman–Crippen MR) is 127 cm³/mol. The highest BCUT2D eigenvalue weighted by molar-refractivity contribution is 5.47. The first-order valence-corrected chi connectivity index (χ1v) is 11.9. The van der Waals surface area contributed by atoms with Crippen LogP contribution in [0.1, 0.15) is 38.5 Å². The Morgan fingerprint density at radius 2 is 1.52 bits per heavy atom. The highest BCUT2D eigenvalue weighted by Gasteiger charge is 2.44. The number of likely N-dealkylation sites (tertiary alicyclic amines) is 1. The maximum atomic E-state index is 4.21. The summed E-state index contributed by atoms with van der Waals surface area (Å²) < 4.78 is 0. The van der Waals surface area contributed by atoms with E-state index in [0.717, 1.165) is 6.54 Å². The zero-order valence-corrected chi connectivity index (χ0v) is 18.8. The van der Waals surface area contributed by atoms with Crippen LogP contribution in [0, 0.1) is 0 Å². The summed E-state index contributed by atoms with van der Waals surface area (Å²) >= 11 is 0. The van der Waals surface area contributed by atoms with E-state index in [1.807, 2.05) is 36.9 Å². The Hall–Kier alpha value is -2.18. The second-order valence-electron chi connectivity index (χ2n) is 9.83. The molecule has 4 saturated heterocycles. The van der Waals surface area contributed by atoms with Crippen LogP contribution in [-0.2, 0) is 0 Å². The van der Waals surface area contributed by atoms with E-state index >= 15 is 0 Å². The fourth-order valence-corrected chi connectivity index (χ4v) is 6.06. The van der Waals surface area contributed by atoms with Gasteiger partial charge in [-0.05, 0) is 82.9 Å². The van der Waals surface area contributed by atoms with Crippen molar-refractivity contribution >= 4 is 11.4 Å². The molecule has 166 valence electrons. The minimum Gasteiger partial charge on any atom is -0.368 e. The van der Waals surface area contributed by atoms with Crippen LogP contribution < -0.4 is 15.1 Å². The number of likely N-dealkylation sites (N-methyl/N-ethyl adjacent to an activating group) is 1. The van der Waals surface area contributed by atoms with Gasteiger partial charge in [0, 0.05) is 49.7 Å². The van der Waals surface area contributed by atoms with E-state index in [1.165, 1.54) is 82.6 Å². The van der Waals surface area contributed by atoms with Gasteiger partial charge in [-0.2, -0.15) is 0 Å². The molecule has 0 radical (unpaired) electrons. The molecule has 2 aromatic rings. The smallest absolute Gasteiger partial charge is 0.0553 e. The first-order valence-electron chi connectivity index (χ1n) is 11.9. The van der Waals surface area contributed by atoms with Gasteiger partial charge in [0.2, 0.25) is 0 Å². The van der Waals surface area contributed by atoms with Gasteiger partial charge in [-0.3, -0.25) is 14.9 Å². The Kier molecular flexibility index (Phi) is 5.85. The summed E-state index contributed by atoms with van der Waals surface area (Å²) in [6.07, 6.45) is 15.6. The van der Waals surface area contributed by atoms with Crippen LogP contribution in [0.3, 0.4) is 0 Å². The van der Waals surface area contributed by atoms with E-state index in [9.17, 15) is 0 Å². The minimum atomic E-state index is 0.413. The van der Waals surface area contributed by atoms with Gasteiger partial charge in [0.05, 0.1) is 23.8 Å². The van der Waals surface area contributed by atoms with Crippen molar-refractivity contribution in [3.63, 3.8) is 0 Å². The monoisotopic (exact) mass is 420 g/mol. The van der Waals surface area contributed by atoms with Gasteiger partial charge in [0.25, 0.3) is 0 Å². The maximum absolute atomic E-state index is 4.21. The Labute approximate surface area is 186 Å². The lowest BCUT2D eigenvalue weighted by molar-refractivity contribution is 0.198. The lowest BCUT2D eigenvalue weighted by Gasteiger charge is -2.32.